The predicted octanol–water partition coefficient (Wildman–Crippen LogP) is 2.24. The number of benzene rings is 1. The molecule has 3 aliphatic rings. The number of methoxy groups -OCH3 is 2. The highest BCUT2D eigenvalue weighted by molar-refractivity contribution is 5.84. The van der Waals surface area contributed by atoms with Crippen LogP contribution in [-0.2, 0) is 21.4 Å². The van der Waals surface area contributed by atoms with Gasteiger partial charge in [0.2, 0.25) is 0 Å². The van der Waals surface area contributed by atoms with Crippen LogP contribution in [0.1, 0.15) is 37.3 Å². The quantitative estimate of drug-likeness (QED) is 0.909. The van der Waals surface area contributed by atoms with Gasteiger partial charge in [-0.15, -0.1) is 0 Å². The summed E-state index contributed by atoms with van der Waals surface area (Å²) in [6, 6.07) is 6.61. The number of hydrogen-bond acceptors (Lipinski definition) is 4. The molecule has 2 bridgehead atoms. The van der Waals surface area contributed by atoms with Crippen LogP contribution in [0.15, 0.2) is 18.2 Å². The average molecular weight is 315 g/mol. The van der Waals surface area contributed by atoms with Gasteiger partial charge < -0.3 is 14.8 Å². The zero-order valence-corrected chi connectivity index (χ0v) is 14.1. The van der Waals surface area contributed by atoms with Crippen LogP contribution < -0.4 is 10.1 Å². The summed E-state index contributed by atoms with van der Waals surface area (Å²) in [5.41, 5.74) is 2.09. The van der Waals surface area contributed by atoms with Gasteiger partial charge in [0, 0.05) is 30.9 Å². The van der Waals surface area contributed by atoms with Crippen LogP contribution in [0, 0.1) is 5.92 Å². The third-order valence-electron chi connectivity index (χ3n) is 6.57. The van der Waals surface area contributed by atoms with Crippen molar-refractivity contribution in [3.63, 3.8) is 0 Å². The summed E-state index contributed by atoms with van der Waals surface area (Å²) in [4.78, 5) is 12.7. The van der Waals surface area contributed by atoms with Gasteiger partial charge in [0.1, 0.15) is 11.5 Å². The second-order valence-electron chi connectivity index (χ2n) is 7.41. The maximum atomic E-state index is 12.7. The molecule has 4 nitrogen and oxygen atoms in total. The fourth-order valence-corrected chi connectivity index (χ4v) is 5.43. The summed E-state index contributed by atoms with van der Waals surface area (Å²) in [6.45, 7) is 2.99. The van der Waals surface area contributed by atoms with E-state index in [2.05, 4.69) is 17.4 Å². The van der Waals surface area contributed by atoms with Crippen molar-refractivity contribution in [2.24, 2.45) is 5.92 Å². The summed E-state index contributed by atoms with van der Waals surface area (Å²) >= 11 is 0. The van der Waals surface area contributed by atoms with E-state index < -0.39 is 0 Å². The highest BCUT2D eigenvalue weighted by atomic mass is 16.5. The third kappa shape index (κ3) is 1.82. The maximum absolute atomic E-state index is 12.7. The van der Waals surface area contributed by atoms with Gasteiger partial charge in [-0.2, -0.15) is 0 Å². The predicted molar refractivity (Wildman–Crippen MR) is 87.9 cm³/mol. The Morgan fingerprint density at radius 2 is 2.13 bits per heavy atom. The van der Waals surface area contributed by atoms with Crippen molar-refractivity contribution in [3.8, 4) is 5.75 Å². The number of carbonyl (C=O) groups is 1. The fourth-order valence-electron chi connectivity index (χ4n) is 5.43. The van der Waals surface area contributed by atoms with Crippen molar-refractivity contribution in [3.05, 3.63) is 29.3 Å². The molecule has 1 saturated heterocycles. The molecule has 4 rings (SSSR count). The van der Waals surface area contributed by atoms with Crippen LogP contribution in [0.2, 0.25) is 0 Å². The summed E-state index contributed by atoms with van der Waals surface area (Å²) in [5, 5.41) is 3.67. The molecule has 4 atom stereocenters. The van der Waals surface area contributed by atoms with E-state index >= 15 is 0 Å². The molecule has 1 aromatic rings. The van der Waals surface area contributed by atoms with Crippen molar-refractivity contribution >= 4 is 5.78 Å². The Morgan fingerprint density at radius 3 is 2.87 bits per heavy atom. The molecule has 1 N–H and O–H groups in total. The lowest BCUT2D eigenvalue weighted by atomic mass is 9.48. The molecule has 1 unspecified atom stereocenters. The average Bonchev–Trinajstić information content (AvgIpc) is 2.55. The molecular formula is C19H25NO3. The number of ketones is 1. The first-order valence-corrected chi connectivity index (χ1v) is 8.55. The number of ether oxygens (including phenoxy) is 2. The van der Waals surface area contributed by atoms with Gasteiger partial charge in [0.15, 0.2) is 0 Å². The number of piperidine rings is 1. The highest BCUT2D eigenvalue weighted by Crippen LogP contribution is 2.58. The first-order chi connectivity index (χ1) is 11.1. The highest BCUT2D eigenvalue weighted by Gasteiger charge is 2.65. The number of fused-ring (bicyclic) bond motifs is 1. The van der Waals surface area contributed by atoms with Gasteiger partial charge >= 0.3 is 0 Å². The number of hydrogen-bond donors (Lipinski definition) is 1. The van der Waals surface area contributed by atoms with E-state index in [0.29, 0.717) is 12.2 Å². The van der Waals surface area contributed by atoms with Crippen LogP contribution in [0.4, 0.5) is 0 Å². The van der Waals surface area contributed by atoms with E-state index in [4.69, 9.17) is 9.47 Å². The fraction of sp³-hybridized carbons (Fsp3) is 0.632. The Kier molecular flexibility index (Phi) is 3.33. The summed E-state index contributed by atoms with van der Waals surface area (Å²) in [6.07, 6.45) is 3.28. The number of Topliss-reactive ketones (excluding diaryl/α,β-unsaturated/α-hetero) is 1. The van der Waals surface area contributed by atoms with Crippen molar-refractivity contribution < 1.29 is 14.3 Å². The van der Waals surface area contributed by atoms with Gasteiger partial charge in [-0.25, -0.2) is 0 Å². The molecule has 1 aliphatic heterocycles. The van der Waals surface area contributed by atoms with Crippen LogP contribution >= 0.6 is 0 Å². The van der Waals surface area contributed by atoms with E-state index in [1.165, 1.54) is 11.1 Å². The van der Waals surface area contributed by atoms with Crippen LogP contribution in [-0.4, -0.2) is 38.2 Å². The minimum Gasteiger partial charge on any atom is -0.497 e. The number of rotatable bonds is 2. The second kappa shape index (κ2) is 5.05. The van der Waals surface area contributed by atoms with Crippen molar-refractivity contribution in [2.75, 3.05) is 20.8 Å². The molecule has 0 spiro atoms. The van der Waals surface area contributed by atoms with E-state index in [1.54, 1.807) is 7.11 Å². The lowest BCUT2D eigenvalue weighted by Gasteiger charge is -2.63. The van der Waals surface area contributed by atoms with Gasteiger partial charge in [-0.3, -0.25) is 4.79 Å². The molecule has 1 heterocycles. The lowest BCUT2D eigenvalue weighted by molar-refractivity contribution is -0.169. The largest absolute Gasteiger partial charge is 0.497 e. The zero-order valence-electron chi connectivity index (χ0n) is 14.1. The van der Waals surface area contributed by atoms with Crippen LogP contribution in [0.25, 0.3) is 0 Å². The lowest BCUT2D eigenvalue weighted by Crippen LogP contribution is -2.74. The Balaban J connectivity index is 1.96. The molecule has 4 heteroatoms. The topological polar surface area (TPSA) is 47.6 Å². The molecule has 1 aromatic carbocycles. The summed E-state index contributed by atoms with van der Waals surface area (Å²) in [5.74, 6) is 1.30. The Bertz CT molecular complexity index is 658. The standard InChI is InChI=1S/C19H25NO3/c1-12-10-19(23-3)17-8-13-4-5-14(22-2)9-15(13)18(19,6-7-20-17)11-16(12)21/h4-5,9,12,17,20H,6-8,10-11H2,1-3H3/t12-,17+,18+,19?/m0/s1. The summed E-state index contributed by atoms with van der Waals surface area (Å²) in [7, 11) is 3.52. The third-order valence-corrected chi connectivity index (χ3v) is 6.57. The molecule has 124 valence electrons. The summed E-state index contributed by atoms with van der Waals surface area (Å²) < 4.78 is 11.7. The van der Waals surface area contributed by atoms with Crippen molar-refractivity contribution in [2.45, 2.75) is 49.7 Å². The number of nitrogens with one attached hydrogen (secondary N) is 1. The smallest absolute Gasteiger partial charge is 0.136 e. The molecule has 1 saturated carbocycles. The molecule has 0 aromatic heterocycles. The minimum atomic E-state index is -0.294. The minimum absolute atomic E-state index is 0.0673. The zero-order chi connectivity index (χ0) is 16.2. The van der Waals surface area contributed by atoms with Crippen LogP contribution in [0.3, 0.4) is 0 Å². The monoisotopic (exact) mass is 315 g/mol. The molecule has 23 heavy (non-hydrogen) atoms. The van der Waals surface area contributed by atoms with Gasteiger partial charge in [-0.05, 0) is 49.1 Å². The second-order valence-corrected chi connectivity index (χ2v) is 7.41. The van der Waals surface area contributed by atoms with Crippen molar-refractivity contribution in [1.82, 2.24) is 5.32 Å². The first-order valence-electron chi connectivity index (χ1n) is 8.55. The number of carbonyl (C=O) groups excluding carboxylic acids is 1. The van der Waals surface area contributed by atoms with Gasteiger partial charge in [-0.1, -0.05) is 13.0 Å². The van der Waals surface area contributed by atoms with Crippen molar-refractivity contribution in [1.29, 1.82) is 0 Å². The Labute approximate surface area is 137 Å². The molecule has 2 aliphatic carbocycles. The van der Waals surface area contributed by atoms with E-state index in [9.17, 15) is 4.79 Å². The molecule has 0 radical (unpaired) electrons. The van der Waals surface area contributed by atoms with Gasteiger partial charge in [0.05, 0.1) is 12.7 Å². The Morgan fingerprint density at radius 1 is 1.30 bits per heavy atom. The van der Waals surface area contributed by atoms with Gasteiger partial charge in [0.25, 0.3) is 0 Å². The maximum Gasteiger partial charge on any atom is 0.136 e. The van der Waals surface area contributed by atoms with E-state index in [0.717, 1.165) is 31.6 Å². The van der Waals surface area contributed by atoms with E-state index in [-0.39, 0.29) is 23.0 Å². The molecule has 2 fully saturated rings. The van der Waals surface area contributed by atoms with E-state index in [1.807, 2.05) is 20.1 Å². The normalized spacial score (nSPS) is 38.7. The molecule has 0 amide bonds. The first kappa shape index (κ1) is 15.2. The Hall–Kier alpha value is -1.39. The molecular weight excluding hydrogens is 290 g/mol. The SMILES string of the molecule is COc1ccc2c(c1)[C@]13CCN[C@H](C2)C1(OC)C[C@H](C)C(=O)C3. The van der Waals surface area contributed by atoms with Crippen LogP contribution in [0.5, 0.6) is 5.75 Å².